The fourth-order valence-electron chi connectivity index (χ4n) is 3.38. The lowest BCUT2D eigenvalue weighted by Gasteiger charge is -2.29. The number of aliphatic hydroxyl groups excluding tert-OH is 1. The molecule has 0 radical (unpaired) electrons. The molecule has 0 aromatic heterocycles. The van der Waals surface area contributed by atoms with Crippen molar-refractivity contribution in [2.75, 3.05) is 46.5 Å². The first-order valence-corrected chi connectivity index (χ1v) is 8.99. The van der Waals surface area contributed by atoms with E-state index in [1.165, 1.54) is 12.8 Å². The van der Waals surface area contributed by atoms with Crippen LogP contribution in [0.3, 0.4) is 0 Å². The van der Waals surface area contributed by atoms with Crippen molar-refractivity contribution >= 4 is 29.9 Å². The van der Waals surface area contributed by atoms with Gasteiger partial charge in [-0.25, -0.2) is 0 Å². The van der Waals surface area contributed by atoms with Crippen LogP contribution in [-0.2, 0) is 4.74 Å². The zero-order valence-electron chi connectivity index (χ0n) is 15.4. The normalized spacial score (nSPS) is 24.3. The van der Waals surface area contributed by atoms with Crippen LogP contribution in [0.5, 0.6) is 0 Å². The van der Waals surface area contributed by atoms with Crippen molar-refractivity contribution in [2.24, 2.45) is 10.4 Å². The van der Waals surface area contributed by atoms with Gasteiger partial charge in [0.25, 0.3) is 0 Å². The van der Waals surface area contributed by atoms with Gasteiger partial charge in [0.15, 0.2) is 5.96 Å². The molecule has 0 aromatic carbocycles. The maximum absolute atomic E-state index is 9.29. The Morgan fingerprint density at radius 2 is 2.12 bits per heavy atom. The van der Waals surface area contributed by atoms with Gasteiger partial charge in [0, 0.05) is 57.4 Å². The summed E-state index contributed by atoms with van der Waals surface area (Å²) in [5.41, 5.74) is 0.0460. The minimum atomic E-state index is 0. The maximum atomic E-state index is 9.29. The van der Waals surface area contributed by atoms with E-state index in [9.17, 15) is 5.11 Å². The van der Waals surface area contributed by atoms with Gasteiger partial charge in [-0.2, -0.15) is 0 Å². The average Bonchev–Trinajstić information content (AvgIpc) is 3.26. The van der Waals surface area contributed by atoms with E-state index in [-0.39, 0.29) is 36.0 Å². The Bertz CT molecular complexity index is 381. The number of hydrogen-bond donors (Lipinski definition) is 3. The molecule has 1 saturated carbocycles. The zero-order valence-corrected chi connectivity index (χ0v) is 17.7. The monoisotopic (exact) mass is 454 g/mol. The van der Waals surface area contributed by atoms with Crippen molar-refractivity contribution < 1.29 is 9.84 Å². The zero-order chi connectivity index (χ0) is 16.7. The molecule has 1 heterocycles. The van der Waals surface area contributed by atoms with Gasteiger partial charge in [-0.15, -0.1) is 24.0 Å². The Labute approximate surface area is 163 Å². The van der Waals surface area contributed by atoms with E-state index in [0.717, 1.165) is 57.7 Å². The molecular formula is C17H35IN4O2. The summed E-state index contributed by atoms with van der Waals surface area (Å²) in [5.74, 6) is 0.841. The summed E-state index contributed by atoms with van der Waals surface area (Å²) in [6, 6.07) is 1.39. The lowest BCUT2D eigenvalue weighted by atomic mass is 9.84. The van der Waals surface area contributed by atoms with E-state index in [1.807, 2.05) is 0 Å². The van der Waals surface area contributed by atoms with Crippen LogP contribution >= 0.6 is 24.0 Å². The quantitative estimate of drug-likeness (QED) is 0.280. The number of aliphatic imine (C=N–C) groups is 1. The first-order valence-electron chi connectivity index (χ1n) is 8.99. The van der Waals surface area contributed by atoms with Crippen LogP contribution in [-0.4, -0.2) is 74.6 Å². The third-order valence-electron chi connectivity index (χ3n) is 5.02. The molecule has 1 atom stereocenters. The van der Waals surface area contributed by atoms with Crippen molar-refractivity contribution in [1.82, 2.24) is 15.5 Å². The molecule has 6 nitrogen and oxygen atoms in total. The number of ether oxygens (including phenoxy) is 1. The highest BCUT2D eigenvalue weighted by Crippen LogP contribution is 2.31. The highest BCUT2D eigenvalue weighted by molar-refractivity contribution is 14.0. The summed E-state index contributed by atoms with van der Waals surface area (Å²) in [7, 11) is 1.81. The van der Waals surface area contributed by atoms with Gasteiger partial charge in [0.2, 0.25) is 0 Å². The highest BCUT2D eigenvalue weighted by Gasteiger charge is 2.34. The number of aliphatic hydroxyl groups is 1. The fraction of sp³-hybridized carbons (Fsp3) is 0.941. The molecule has 1 aliphatic heterocycles. The Kier molecular flexibility index (Phi) is 9.84. The minimum absolute atomic E-state index is 0. The van der Waals surface area contributed by atoms with Crippen LogP contribution in [0.25, 0.3) is 0 Å². The van der Waals surface area contributed by atoms with Gasteiger partial charge in [-0.1, -0.05) is 0 Å². The standard InChI is InChI=1S/C17H34N4O2.HI/c1-14(2)21(15-4-5-15)9-8-19-16(18-3)20-12-17(6-10-22)7-11-23-13-17;/h14-15,22H,4-13H2,1-3H3,(H2,18,19,20);1H. The Morgan fingerprint density at radius 1 is 1.38 bits per heavy atom. The minimum Gasteiger partial charge on any atom is -0.396 e. The Hall–Kier alpha value is -0.120. The Morgan fingerprint density at radius 3 is 2.62 bits per heavy atom. The van der Waals surface area contributed by atoms with Gasteiger partial charge in [-0.3, -0.25) is 9.89 Å². The molecule has 2 rings (SSSR count). The number of nitrogens with zero attached hydrogens (tertiary/aromatic N) is 2. The van der Waals surface area contributed by atoms with Gasteiger partial charge >= 0.3 is 0 Å². The molecule has 0 aromatic rings. The van der Waals surface area contributed by atoms with Crippen LogP contribution in [0.15, 0.2) is 4.99 Å². The van der Waals surface area contributed by atoms with E-state index >= 15 is 0 Å². The van der Waals surface area contributed by atoms with E-state index in [1.54, 1.807) is 7.05 Å². The van der Waals surface area contributed by atoms with Crippen molar-refractivity contribution in [3.05, 3.63) is 0 Å². The molecule has 1 unspecified atom stereocenters. The third kappa shape index (κ3) is 6.65. The smallest absolute Gasteiger partial charge is 0.191 e. The van der Waals surface area contributed by atoms with Crippen LogP contribution in [0, 0.1) is 5.41 Å². The molecule has 24 heavy (non-hydrogen) atoms. The number of rotatable bonds is 9. The van der Waals surface area contributed by atoms with Gasteiger partial charge < -0.3 is 20.5 Å². The van der Waals surface area contributed by atoms with Crippen LogP contribution in [0.1, 0.15) is 39.5 Å². The van der Waals surface area contributed by atoms with E-state index in [0.29, 0.717) is 6.04 Å². The lowest BCUT2D eigenvalue weighted by Crippen LogP contribution is -2.47. The number of nitrogens with one attached hydrogen (secondary N) is 2. The fourth-order valence-corrected chi connectivity index (χ4v) is 3.38. The van der Waals surface area contributed by atoms with E-state index < -0.39 is 0 Å². The van der Waals surface area contributed by atoms with E-state index in [4.69, 9.17) is 4.74 Å². The Balaban J connectivity index is 0.00000288. The third-order valence-corrected chi connectivity index (χ3v) is 5.02. The average molecular weight is 454 g/mol. The molecule has 0 bridgehead atoms. The number of halogens is 1. The predicted molar refractivity (Wildman–Crippen MR) is 109 cm³/mol. The number of hydrogen-bond acceptors (Lipinski definition) is 4. The number of guanidine groups is 1. The summed E-state index contributed by atoms with van der Waals surface area (Å²) >= 11 is 0. The molecule has 1 aliphatic carbocycles. The second kappa shape index (κ2) is 10.8. The summed E-state index contributed by atoms with van der Waals surface area (Å²) < 4.78 is 5.53. The predicted octanol–water partition coefficient (Wildman–Crippen LogP) is 1.43. The molecule has 142 valence electrons. The summed E-state index contributed by atoms with van der Waals surface area (Å²) in [6.07, 6.45) is 4.46. The van der Waals surface area contributed by atoms with Crippen LogP contribution in [0.4, 0.5) is 0 Å². The van der Waals surface area contributed by atoms with E-state index in [2.05, 4.69) is 34.4 Å². The SMILES string of the molecule is CN=C(NCCN(C(C)C)C1CC1)NCC1(CCO)CCOC1.I. The van der Waals surface area contributed by atoms with Crippen LogP contribution < -0.4 is 10.6 Å². The first-order chi connectivity index (χ1) is 11.1. The molecule has 7 heteroatoms. The first kappa shape index (κ1) is 21.9. The molecule has 2 fully saturated rings. The molecule has 0 spiro atoms. The summed E-state index contributed by atoms with van der Waals surface area (Å²) in [6.45, 7) is 9.00. The lowest BCUT2D eigenvalue weighted by molar-refractivity contribution is 0.127. The molecule has 0 amide bonds. The van der Waals surface area contributed by atoms with Gasteiger partial charge in [0.05, 0.1) is 6.61 Å². The second-order valence-electron chi connectivity index (χ2n) is 7.19. The van der Waals surface area contributed by atoms with Gasteiger partial charge in [-0.05, 0) is 39.5 Å². The summed E-state index contributed by atoms with van der Waals surface area (Å²) in [5, 5.41) is 16.1. The van der Waals surface area contributed by atoms with Crippen LogP contribution in [0.2, 0.25) is 0 Å². The second-order valence-corrected chi connectivity index (χ2v) is 7.19. The van der Waals surface area contributed by atoms with Crippen molar-refractivity contribution in [3.63, 3.8) is 0 Å². The maximum Gasteiger partial charge on any atom is 0.191 e. The van der Waals surface area contributed by atoms with Crippen molar-refractivity contribution in [2.45, 2.75) is 51.6 Å². The van der Waals surface area contributed by atoms with Crippen molar-refractivity contribution in [3.8, 4) is 0 Å². The van der Waals surface area contributed by atoms with Crippen molar-refractivity contribution in [1.29, 1.82) is 0 Å². The van der Waals surface area contributed by atoms with Gasteiger partial charge in [0.1, 0.15) is 0 Å². The molecule has 3 N–H and O–H groups in total. The largest absolute Gasteiger partial charge is 0.396 e. The summed E-state index contributed by atoms with van der Waals surface area (Å²) in [4.78, 5) is 6.88. The highest BCUT2D eigenvalue weighted by atomic mass is 127. The molecule has 1 saturated heterocycles. The molecular weight excluding hydrogens is 419 g/mol. The topological polar surface area (TPSA) is 69.1 Å². The molecule has 2 aliphatic rings.